The van der Waals surface area contributed by atoms with Gasteiger partial charge >= 0.3 is 5.97 Å². The van der Waals surface area contributed by atoms with Crippen LogP contribution in [0, 0.1) is 23.7 Å². The first-order chi connectivity index (χ1) is 14.0. The van der Waals surface area contributed by atoms with Gasteiger partial charge in [0.2, 0.25) is 0 Å². The van der Waals surface area contributed by atoms with Crippen molar-refractivity contribution in [1.29, 1.82) is 0 Å². The quantitative estimate of drug-likeness (QED) is 0.482. The molecule has 2 aromatic carbocycles. The van der Waals surface area contributed by atoms with Gasteiger partial charge in [0.25, 0.3) is 0 Å². The van der Waals surface area contributed by atoms with Crippen LogP contribution in [0.1, 0.15) is 44.6 Å². The molecule has 0 aromatic heterocycles. The summed E-state index contributed by atoms with van der Waals surface area (Å²) in [5.41, 5.74) is -0.217. The third-order valence-electron chi connectivity index (χ3n) is 8.07. The lowest BCUT2D eigenvalue weighted by molar-refractivity contribution is -0.597. The summed E-state index contributed by atoms with van der Waals surface area (Å²) in [4.78, 5) is 23.1. The van der Waals surface area contributed by atoms with E-state index in [1.54, 1.807) is 6.07 Å². The second-order valence-corrected chi connectivity index (χ2v) is 9.57. The van der Waals surface area contributed by atoms with E-state index >= 15 is 0 Å². The SMILES string of the molecule is CC(=O)Oc1ccc2cc(C3(CO)OOC34C3CC5CC(C3)CC4C5)ccc2c1. The van der Waals surface area contributed by atoms with Crippen LogP contribution in [0.25, 0.3) is 10.8 Å². The molecule has 4 saturated carbocycles. The zero-order valence-corrected chi connectivity index (χ0v) is 16.6. The van der Waals surface area contributed by atoms with Crippen LogP contribution in [0.5, 0.6) is 5.75 Å². The fraction of sp³-hybridized carbons (Fsp3) is 0.542. The molecule has 7 rings (SSSR count). The summed E-state index contributed by atoms with van der Waals surface area (Å²) >= 11 is 0. The van der Waals surface area contributed by atoms with Crippen molar-refractivity contribution < 1.29 is 24.4 Å². The number of hydrogen-bond donors (Lipinski definition) is 1. The number of carbonyl (C=O) groups is 1. The molecule has 1 N–H and O–H groups in total. The minimum absolute atomic E-state index is 0.0770. The van der Waals surface area contributed by atoms with Crippen LogP contribution < -0.4 is 4.74 Å². The number of ether oxygens (including phenoxy) is 1. The highest BCUT2D eigenvalue weighted by atomic mass is 17.3. The summed E-state index contributed by atoms with van der Waals surface area (Å²) in [6.07, 6.45) is 6.14. The smallest absolute Gasteiger partial charge is 0.308 e. The van der Waals surface area contributed by atoms with Gasteiger partial charge in [-0.1, -0.05) is 18.2 Å². The van der Waals surface area contributed by atoms with Gasteiger partial charge in [-0.3, -0.25) is 4.79 Å². The molecule has 5 aliphatic rings. The summed E-state index contributed by atoms with van der Waals surface area (Å²) < 4.78 is 5.20. The van der Waals surface area contributed by atoms with E-state index in [9.17, 15) is 9.90 Å². The van der Waals surface area contributed by atoms with Gasteiger partial charge in [0.05, 0.1) is 6.61 Å². The topological polar surface area (TPSA) is 65.0 Å². The van der Waals surface area contributed by atoms with Crippen LogP contribution in [-0.2, 0) is 20.2 Å². The summed E-state index contributed by atoms with van der Waals surface area (Å²) in [5, 5.41) is 12.6. The Balaban J connectivity index is 1.41. The Morgan fingerprint density at radius 1 is 1.00 bits per heavy atom. The highest BCUT2D eigenvalue weighted by Crippen LogP contribution is 2.69. The van der Waals surface area contributed by atoms with Gasteiger partial charge in [-0.05, 0) is 90.3 Å². The number of aliphatic hydroxyl groups excluding tert-OH is 1. The van der Waals surface area contributed by atoms with Crippen molar-refractivity contribution in [3.05, 3.63) is 42.0 Å². The molecule has 0 amide bonds. The van der Waals surface area contributed by atoms with Gasteiger partial charge in [-0.15, -0.1) is 0 Å². The van der Waals surface area contributed by atoms with Crippen molar-refractivity contribution >= 4 is 16.7 Å². The standard InChI is InChI=1S/C24H26O5/c1-14(26)27-22-5-3-17-11-19(4-2-18(17)12-22)23(13-25)24(29-28-23)20-7-15-6-16(9-20)10-21(24)8-15/h2-5,11-12,15-16,20-21,25H,6-10,13H2,1H3. The van der Waals surface area contributed by atoms with E-state index in [0.29, 0.717) is 17.6 Å². The average Bonchev–Trinajstić information content (AvgIpc) is 2.67. The van der Waals surface area contributed by atoms with E-state index in [1.165, 1.54) is 39.0 Å². The Morgan fingerprint density at radius 3 is 2.24 bits per heavy atom. The summed E-state index contributed by atoms with van der Waals surface area (Å²) in [7, 11) is 0. The maximum absolute atomic E-state index is 11.2. The molecule has 1 heterocycles. The molecule has 5 nitrogen and oxygen atoms in total. The number of benzene rings is 2. The third-order valence-corrected chi connectivity index (χ3v) is 8.07. The predicted molar refractivity (Wildman–Crippen MR) is 106 cm³/mol. The molecule has 4 aliphatic carbocycles. The Hall–Kier alpha value is -1.95. The summed E-state index contributed by atoms with van der Waals surface area (Å²) in [5.74, 6) is 2.77. The molecule has 4 bridgehead atoms. The average molecular weight is 394 g/mol. The van der Waals surface area contributed by atoms with Crippen LogP contribution >= 0.6 is 0 Å². The van der Waals surface area contributed by atoms with Gasteiger partial charge in [-0.2, -0.15) is 0 Å². The highest BCUT2D eigenvalue weighted by Gasteiger charge is 2.75. The monoisotopic (exact) mass is 394 g/mol. The zero-order chi connectivity index (χ0) is 19.8. The van der Waals surface area contributed by atoms with Crippen LogP contribution in [0.2, 0.25) is 0 Å². The van der Waals surface area contributed by atoms with Crippen molar-refractivity contribution in [3.63, 3.8) is 0 Å². The molecule has 1 spiro atoms. The fourth-order valence-electron chi connectivity index (χ4n) is 7.14. The van der Waals surface area contributed by atoms with Crippen LogP contribution in [-0.4, -0.2) is 23.3 Å². The van der Waals surface area contributed by atoms with E-state index in [4.69, 9.17) is 14.5 Å². The zero-order valence-electron chi connectivity index (χ0n) is 16.6. The number of esters is 1. The molecule has 1 unspecified atom stereocenters. The lowest BCUT2D eigenvalue weighted by Gasteiger charge is -2.69. The molecular weight excluding hydrogens is 368 g/mol. The van der Waals surface area contributed by atoms with Gasteiger partial charge in [0, 0.05) is 6.92 Å². The Labute approximate surface area is 169 Å². The Morgan fingerprint density at radius 2 is 1.66 bits per heavy atom. The number of fused-ring (bicyclic) bond motifs is 1. The maximum Gasteiger partial charge on any atom is 0.308 e. The molecule has 2 aromatic rings. The number of carbonyl (C=O) groups excluding carboxylic acids is 1. The lowest BCUT2D eigenvalue weighted by atomic mass is 9.45. The molecule has 5 fully saturated rings. The maximum atomic E-state index is 11.2. The Bertz CT molecular complexity index is 966. The number of aliphatic hydroxyl groups is 1. The summed E-state index contributed by atoms with van der Waals surface area (Å²) in [6, 6.07) is 11.8. The largest absolute Gasteiger partial charge is 0.427 e. The normalized spacial score (nSPS) is 39.7. The first-order valence-electron chi connectivity index (χ1n) is 10.7. The molecular formula is C24H26O5. The molecule has 5 heteroatoms. The van der Waals surface area contributed by atoms with E-state index in [-0.39, 0.29) is 12.6 Å². The second kappa shape index (κ2) is 6.03. The van der Waals surface area contributed by atoms with Crippen molar-refractivity contribution in [2.75, 3.05) is 6.61 Å². The van der Waals surface area contributed by atoms with E-state index in [1.807, 2.05) is 24.3 Å². The first kappa shape index (κ1) is 17.9. The van der Waals surface area contributed by atoms with Crippen LogP contribution in [0.3, 0.4) is 0 Å². The Kier molecular flexibility index (Phi) is 3.72. The highest BCUT2D eigenvalue weighted by molar-refractivity contribution is 5.85. The molecule has 1 aliphatic heterocycles. The fourth-order valence-corrected chi connectivity index (χ4v) is 7.14. The van der Waals surface area contributed by atoms with Gasteiger partial charge in [0.15, 0.2) is 5.60 Å². The van der Waals surface area contributed by atoms with Gasteiger partial charge in [0.1, 0.15) is 11.4 Å². The summed E-state index contributed by atoms with van der Waals surface area (Å²) in [6.45, 7) is 1.32. The van der Waals surface area contributed by atoms with Crippen LogP contribution in [0.15, 0.2) is 36.4 Å². The van der Waals surface area contributed by atoms with Gasteiger partial charge in [-0.25, -0.2) is 9.78 Å². The van der Waals surface area contributed by atoms with Gasteiger partial charge < -0.3 is 9.84 Å². The molecule has 1 saturated heterocycles. The van der Waals surface area contributed by atoms with Crippen molar-refractivity contribution in [1.82, 2.24) is 0 Å². The van der Waals surface area contributed by atoms with Crippen molar-refractivity contribution in [2.45, 2.75) is 50.2 Å². The van der Waals surface area contributed by atoms with Crippen molar-refractivity contribution in [2.24, 2.45) is 23.7 Å². The lowest BCUT2D eigenvalue weighted by Crippen LogP contribution is -2.77. The molecule has 1 atom stereocenters. The minimum atomic E-state index is -0.793. The van der Waals surface area contributed by atoms with E-state index in [2.05, 4.69) is 6.07 Å². The third kappa shape index (κ3) is 2.29. The predicted octanol–water partition coefficient (Wildman–Crippen LogP) is 4.11. The van der Waals surface area contributed by atoms with Crippen LogP contribution in [0.4, 0.5) is 0 Å². The van der Waals surface area contributed by atoms with Crippen molar-refractivity contribution in [3.8, 4) is 5.75 Å². The van der Waals surface area contributed by atoms with E-state index < -0.39 is 11.2 Å². The number of hydrogen-bond acceptors (Lipinski definition) is 5. The number of rotatable bonds is 3. The molecule has 29 heavy (non-hydrogen) atoms. The molecule has 0 radical (unpaired) electrons. The first-order valence-corrected chi connectivity index (χ1v) is 10.7. The minimum Gasteiger partial charge on any atom is -0.427 e. The van der Waals surface area contributed by atoms with E-state index in [0.717, 1.165) is 28.2 Å². The second-order valence-electron chi connectivity index (χ2n) is 9.57. The molecule has 152 valence electrons.